The first kappa shape index (κ1) is 21.8. The molecule has 0 saturated heterocycles. The van der Waals surface area contributed by atoms with Crippen molar-refractivity contribution in [1.82, 2.24) is 9.29 Å². The Balaban J connectivity index is 1.76. The molecule has 0 bridgehead atoms. The van der Waals surface area contributed by atoms with Gasteiger partial charge in [0.2, 0.25) is 10.0 Å². The molecule has 4 rings (SSSR count). The van der Waals surface area contributed by atoms with Gasteiger partial charge in [-0.1, -0.05) is 48.5 Å². The predicted octanol–water partition coefficient (Wildman–Crippen LogP) is 4.24. The molecule has 164 valence electrons. The summed E-state index contributed by atoms with van der Waals surface area (Å²) in [6, 6.07) is 23.0. The van der Waals surface area contributed by atoms with Crippen LogP contribution in [0.5, 0.6) is 5.75 Å². The van der Waals surface area contributed by atoms with Crippen LogP contribution in [-0.2, 0) is 23.1 Å². The van der Waals surface area contributed by atoms with E-state index in [2.05, 4.69) is 4.98 Å². The molecule has 7 heteroatoms. The van der Waals surface area contributed by atoms with E-state index in [0.717, 1.165) is 22.0 Å². The van der Waals surface area contributed by atoms with Crippen molar-refractivity contribution < 1.29 is 13.2 Å². The third kappa shape index (κ3) is 4.44. The number of H-pyrrole nitrogens is 1. The summed E-state index contributed by atoms with van der Waals surface area (Å²) in [6.45, 7) is 1.99. The Kier molecular flexibility index (Phi) is 6.12. The zero-order chi connectivity index (χ0) is 22.7. The van der Waals surface area contributed by atoms with Gasteiger partial charge in [-0.3, -0.25) is 4.79 Å². The van der Waals surface area contributed by atoms with Gasteiger partial charge in [-0.05, 0) is 53.8 Å². The fourth-order valence-electron chi connectivity index (χ4n) is 3.64. The largest absolute Gasteiger partial charge is 0.497 e. The zero-order valence-corrected chi connectivity index (χ0v) is 18.7. The number of hydrogen-bond donors (Lipinski definition) is 1. The van der Waals surface area contributed by atoms with Crippen LogP contribution in [0.1, 0.15) is 16.7 Å². The van der Waals surface area contributed by atoms with Crippen molar-refractivity contribution in [3.63, 3.8) is 0 Å². The SMILES string of the molecule is COc1ccc(CN(Cc2cc3cccc(C)c3[nH]c2=O)S(=O)(=O)c2ccccc2)cc1. The molecular weight excluding hydrogens is 424 g/mol. The maximum Gasteiger partial charge on any atom is 0.252 e. The molecule has 0 saturated carbocycles. The maximum absolute atomic E-state index is 13.5. The molecule has 0 amide bonds. The third-order valence-electron chi connectivity index (χ3n) is 5.41. The first-order valence-corrected chi connectivity index (χ1v) is 11.6. The van der Waals surface area contributed by atoms with Crippen molar-refractivity contribution >= 4 is 20.9 Å². The van der Waals surface area contributed by atoms with Crippen LogP contribution in [0.3, 0.4) is 0 Å². The number of pyridine rings is 1. The highest BCUT2D eigenvalue weighted by molar-refractivity contribution is 7.89. The van der Waals surface area contributed by atoms with Crippen LogP contribution in [0.15, 0.2) is 88.6 Å². The monoisotopic (exact) mass is 448 g/mol. The lowest BCUT2D eigenvalue weighted by Gasteiger charge is -2.22. The van der Waals surface area contributed by atoms with Gasteiger partial charge >= 0.3 is 0 Å². The second kappa shape index (κ2) is 8.98. The highest BCUT2D eigenvalue weighted by Crippen LogP contribution is 2.23. The first-order valence-electron chi connectivity index (χ1n) is 10.2. The second-order valence-electron chi connectivity index (χ2n) is 7.60. The Hall–Kier alpha value is -3.42. The van der Waals surface area contributed by atoms with Gasteiger partial charge in [0.05, 0.1) is 17.5 Å². The molecule has 4 aromatic rings. The Bertz CT molecular complexity index is 1400. The Morgan fingerprint density at radius 3 is 2.31 bits per heavy atom. The van der Waals surface area contributed by atoms with Crippen molar-refractivity contribution in [3.8, 4) is 5.75 Å². The van der Waals surface area contributed by atoms with Crippen LogP contribution in [-0.4, -0.2) is 24.8 Å². The molecule has 0 aliphatic heterocycles. The Labute approximate surface area is 187 Å². The molecule has 0 aliphatic carbocycles. The molecule has 3 aromatic carbocycles. The average Bonchev–Trinajstić information content (AvgIpc) is 2.81. The van der Waals surface area contributed by atoms with Gasteiger partial charge in [0.1, 0.15) is 5.75 Å². The van der Waals surface area contributed by atoms with E-state index in [-0.39, 0.29) is 23.5 Å². The standard InChI is InChI=1S/C25H24N2O4S/c1-18-7-6-8-20-15-21(25(28)26-24(18)20)17-27(16-19-11-13-22(31-2)14-12-19)32(29,30)23-9-4-3-5-10-23/h3-15H,16-17H2,1-2H3,(H,26,28). The maximum atomic E-state index is 13.5. The van der Waals surface area contributed by atoms with E-state index in [1.54, 1.807) is 55.6 Å². The Morgan fingerprint density at radius 2 is 1.62 bits per heavy atom. The summed E-state index contributed by atoms with van der Waals surface area (Å²) in [4.78, 5) is 15.9. The smallest absolute Gasteiger partial charge is 0.252 e. The second-order valence-corrected chi connectivity index (χ2v) is 9.54. The van der Waals surface area contributed by atoms with Crippen molar-refractivity contribution in [3.05, 3.63) is 106 Å². The fraction of sp³-hybridized carbons (Fsp3) is 0.160. The minimum Gasteiger partial charge on any atom is -0.497 e. The molecule has 0 radical (unpaired) electrons. The molecule has 0 fully saturated rings. The predicted molar refractivity (Wildman–Crippen MR) is 125 cm³/mol. The van der Waals surface area contributed by atoms with Gasteiger partial charge in [-0.25, -0.2) is 8.42 Å². The minimum absolute atomic E-state index is 0.0531. The van der Waals surface area contributed by atoms with Crippen molar-refractivity contribution in [2.75, 3.05) is 7.11 Å². The molecule has 0 atom stereocenters. The van der Waals surface area contributed by atoms with Crippen molar-refractivity contribution in [2.45, 2.75) is 24.9 Å². The molecule has 0 spiro atoms. The summed E-state index contributed by atoms with van der Waals surface area (Å²) in [5.41, 5.74) is 2.59. The van der Waals surface area contributed by atoms with E-state index in [1.807, 2.05) is 37.3 Å². The highest BCUT2D eigenvalue weighted by atomic mass is 32.2. The average molecular weight is 449 g/mol. The van der Waals surface area contributed by atoms with Crippen LogP contribution in [0.2, 0.25) is 0 Å². The van der Waals surface area contributed by atoms with E-state index < -0.39 is 10.0 Å². The van der Waals surface area contributed by atoms with Gasteiger partial charge in [-0.15, -0.1) is 0 Å². The summed E-state index contributed by atoms with van der Waals surface area (Å²) in [7, 11) is -2.26. The lowest BCUT2D eigenvalue weighted by Crippen LogP contribution is -2.32. The number of aromatic amines is 1. The van der Waals surface area contributed by atoms with Gasteiger partial charge in [0.15, 0.2) is 0 Å². The number of methoxy groups -OCH3 is 1. The molecule has 0 unspecified atom stereocenters. The van der Waals surface area contributed by atoms with E-state index in [9.17, 15) is 13.2 Å². The number of fused-ring (bicyclic) bond motifs is 1. The van der Waals surface area contributed by atoms with Gasteiger partial charge in [-0.2, -0.15) is 4.31 Å². The number of sulfonamides is 1. The number of hydrogen-bond acceptors (Lipinski definition) is 4. The van der Waals surface area contributed by atoms with Crippen LogP contribution >= 0.6 is 0 Å². The number of nitrogens with zero attached hydrogens (tertiary/aromatic N) is 1. The molecule has 1 heterocycles. The molecular formula is C25H24N2O4S. The number of rotatable bonds is 7. The lowest BCUT2D eigenvalue weighted by atomic mass is 10.1. The van der Waals surface area contributed by atoms with E-state index in [1.165, 1.54) is 4.31 Å². The van der Waals surface area contributed by atoms with E-state index in [0.29, 0.717) is 11.3 Å². The van der Waals surface area contributed by atoms with Crippen LogP contribution < -0.4 is 10.3 Å². The number of nitrogens with one attached hydrogen (secondary N) is 1. The number of para-hydroxylation sites is 1. The molecule has 1 N–H and O–H groups in total. The molecule has 6 nitrogen and oxygen atoms in total. The number of benzene rings is 3. The van der Waals surface area contributed by atoms with Crippen LogP contribution in [0, 0.1) is 6.92 Å². The fourth-order valence-corrected chi connectivity index (χ4v) is 5.07. The summed E-state index contributed by atoms with van der Waals surface area (Å²) in [5.74, 6) is 0.688. The zero-order valence-electron chi connectivity index (χ0n) is 17.9. The number of ether oxygens (including phenoxy) is 1. The first-order chi connectivity index (χ1) is 15.4. The molecule has 1 aromatic heterocycles. The van der Waals surface area contributed by atoms with Crippen LogP contribution in [0.25, 0.3) is 10.9 Å². The van der Waals surface area contributed by atoms with Crippen molar-refractivity contribution in [1.29, 1.82) is 0 Å². The Morgan fingerprint density at radius 1 is 0.906 bits per heavy atom. The quantitative estimate of drug-likeness (QED) is 0.459. The van der Waals surface area contributed by atoms with Crippen molar-refractivity contribution in [2.24, 2.45) is 0 Å². The van der Waals surface area contributed by atoms with Crippen LogP contribution in [0.4, 0.5) is 0 Å². The van der Waals surface area contributed by atoms with Gasteiger partial charge in [0, 0.05) is 18.7 Å². The normalized spacial score (nSPS) is 11.7. The lowest BCUT2D eigenvalue weighted by molar-refractivity contribution is 0.398. The summed E-state index contributed by atoms with van der Waals surface area (Å²) in [6.07, 6.45) is 0. The summed E-state index contributed by atoms with van der Waals surface area (Å²) < 4.78 is 33.5. The van der Waals surface area contributed by atoms with Gasteiger partial charge in [0.25, 0.3) is 5.56 Å². The van der Waals surface area contributed by atoms with Gasteiger partial charge < -0.3 is 9.72 Å². The molecule has 32 heavy (non-hydrogen) atoms. The van der Waals surface area contributed by atoms with E-state index in [4.69, 9.17) is 4.74 Å². The summed E-state index contributed by atoms with van der Waals surface area (Å²) >= 11 is 0. The molecule has 0 aliphatic rings. The third-order valence-corrected chi connectivity index (χ3v) is 7.22. The minimum atomic E-state index is -3.84. The number of aryl methyl sites for hydroxylation is 1. The topological polar surface area (TPSA) is 79.5 Å². The number of aromatic nitrogens is 1. The summed E-state index contributed by atoms with van der Waals surface area (Å²) in [5, 5.41) is 0.862. The van der Waals surface area contributed by atoms with E-state index >= 15 is 0 Å². The highest BCUT2D eigenvalue weighted by Gasteiger charge is 2.26.